The first-order valence-electron chi connectivity index (χ1n) is 15.1. The number of sulfonamides is 1. The van der Waals surface area contributed by atoms with E-state index >= 15 is 0 Å². The van der Waals surface area contributed by atoms with Gasteiger partial charge in [-0.2, -0.15) is 0 Å². The maximum Gasteiger partial charge on any atom is 0.280 e. The normalized spacial score (nSPS) is 12.4. The maximum atomic E-state index is 14.2. The van der Waals surface area contributed by atoms with Crippen LogP contribution in [0.4, 0.5) is 14.5 Å². The summed E-state index contributed by atoms with van der Waals surface area (Å²) in [6.07, 6.45) is 1.16. The molecule has 0 radical (unpaired) electrons. The number of halogens is 2. The van der Waals surface area contributed by atoms with Gasteiger partial charge in [0.1, 0.15) is 28.8 Å². The van der Waals surface area contributed by atoms with Crippen molar-refractivity contribution in [1.29, 1.82) is 0 Å². The van der Waals surface area contributed by atoms with Gasteiger partial charge in [0.15, 0.2) is 5.52 Å². The molecule has 1 amide bonds. The molecule has 14 heteroatoms. The number of aryl methyl sites for hydroxylation is 1. The summed E-state index contributed by atoms with van der Waals surface area (Å²) in [5.41, 5.74) is 1.62. The molecule has 0 saturated heterocycles. The molecule has 1 unspecified atom stereocenters. The molecule has 11 nitrogen and oxygen atoms in total. The molecule has 0 bridgehead atoms. The van der Waals surface area contributed by atoms with Crippen LogP contribution in [0.15, 0.2) is 82.0 Å². The Morgan fingerprint density at radius 2 is 1.67 bits per heavy atom. The number of rotatable bonds is 9. The zero-order valence-electron chi connectivity index (χ0n) is 26.9. The average molecular weight is 688 g/mol. The fraction of sp³-hybridized carbons (Fsp3) is 0.200. The van der Waals surface area contributed by atoms with Gasteiger partial charge < -0.3 is 14.8 Å². The third kappa shape index (κ3) is 6.16. The van der Waals surface area contributed by atoms with Gasteiger partial charge in [-0.25, -0.2) is 27.2 Å². The van der Waals surface area contributed by atoms with Gasteiger partial charge in [0.2, 0.25) is 10.0 Å². The van der Waals surface area contributed by atoms with Gasteiger partial charge in [-0.3, -0.25) is 18.5 Å². The number of hydrogen-bond acceptors (Lipinski definition) is 8. The number of nitrogens with one attached hydrogen (secondary N) is 1. The van der Waals surface area contributed by atoms with E-state index in [2.05, 4.69) is 15.3 Å². The molecule has 0 fully saturated rings. The van der Waals surface area contributed by atoms with Gasteiger partial charge in [-0.15, -0.1) is 0 Å². The number of anilines is 1. The first-order chi connectivity index (χ1) is 23.3. The van der Waals surface area contributed by atoms with Gasteiger partial charge in [0.05, 0.1) is 34.8 Å². The van der Waals surface area contributed by atoms with Gasteiger partial charge in [0.25, 0.3) is 11.5 Å². The Hall–Kier alpha value is -5.47. The van der Waals surface area contributed by atoms with E-state index in [0.29, 0.717) is 22.3 Å². The Labute approximate surface area is 279 Å². The summed E-state index contributed by atoms with van der Waals surface area (Å²) >= 11 is 0. The fourth-order valence-corrected chi connectivity index (χ4v) is 6.40. The third-order valence-electron chi connectivity index (χ3n) is 8.37. The van der Waals surface area contributed by atoms with Crippen LogP contribution in [0.3, 0.4) is 0 Å². The zero-order chi connectivity index (χ0) is 35.2. The molecule has 2 N–H and O–H groups in total. The molecule has 0 aliphatic heterocycles. The van der Waals surface area contributed by atoms with E-state index in [-0.39, 0.29) is 57.9 Å². The Morgan fingerprint density at radius 1 is 1.02 bits per heavy atom. The van der Waals surface area contributed by atoms with E-state index < -0.39 is 39.2 Å². The first-order valence-corrected chi connectivity index (χ1v) is 17.0. The predicted molar refractivity (Wildman–Crippen MR) is 182 cm³/mol. The topological polar surface area (TPSA) is 148 Å². The van der Waals surface area contributed by atoms with Crippen molar-refractivity contribution in [1.82, 2.24) is 19.9 Å². The van der Waals surface area contributed by atoms with Crippen LogP contribution in [0, 0.1) is 18.6 Å². The minimum absolute atomic E-state index is 0.0353. The molecule has 6 rings (SSSR count). The predicted octanol–water partition coefficient (Wildman–Crippen LogP) is 5.19. The number of aliphatic hydroxyl groups is 1. The molecule has 1 atom stereocenters. The van der Waals surface area contributed by atoms with Crippen LogP contribution >= 0.6 is 0 Å². The van der Waals surface area contributed by atoms with E-state index in [4.69, 9.17) is 4.42 Å². The van der Waals surface area contributed by atoms with Crippen LogP contribution in [-0.4, -0.2) is 60.9 Å². The molecule has 0 aliphatic carbocycles. The molecule has 3 aromatic carbocycles. The van der Waals surface area contributed by atoms with Gasteiger partial charge in [0, 0.05) is 43.3 Å². The number of aliphatic hydroxyl groups excluding tert-OH is 1. The second kappa shape index (κ2) is 12.9. The number of carbonyl (C=O) groups is 1. The number of aromatic nitrogens is 3. The zero-order valence-corrected chi connectivity index (χ0v) is 27.7. The minimum Gasteiger partial charge on any atom is -0.455 e. The second-order valence-corrected chi connectivity index (χ2v) is 13.5. The lowest BCUT2D eigenvalue weighted by Crippen LogP contribution is -2.30. The van der Waals surface area contributed by atoms with Gasteiger partial charge in [-0.1, -0.05) is 12.1 Å². The van der Waals surface area contributed by atoms with E-state index in [1.807, 2.05) is 0 Å². The van der Waals surface area contributed by atoms with Crippen LogP contribution in [0.5, 0.6) is 0 Å². The fourth-order valence-electron chi connectivity index (χ4n) is 5.89. The summed E-state index contributed by atoms with van der Waals surface area (Å²) in [7, 11) is -1.04. The van der Waals surface area contributed by atoms with Crippen molar-refractivity contribution in [2.75, 3.05) is 31.3 Å². The van der Waals surface area contributed by atoms with Crippen molar-refractivity contribution in [3.8, 4) is 22.6 Å². The van der Waals surface area contributed by atoms with E-state index in [9.17, 15) is 31.9 Å². The van der Waals surface area contributed by atoms with Crippen molar-refractivity contribution < 1.29 is 31.5 Å². The van der Waals surface area contributed by atoms with Crippen molar-refractivity contribution >= 4 is 43.6 Å². The molecule has 49 heavy (non-hydrogen) atoms. The lowest BCUT2D eigenvalue weighted by atomic mass is 10.0. The highest BCUT2D eigenvalue weighted by Crippen LogP contribution is 2.41. The molecule has 6 aromatic rings. The van der Waals surface area contributed by atoms with Crippen molar-refractivity contribution in [3.05, 3.63) is 112 Å². The highest BCUT2D eigenvalue weighted by molar-refractivity contribution is 7.92. The molecular weight excluding hydrogens is 656 g/mol. The summed E-state index contributed by atoms with van der Waals surface area (Å²) < 4.78 is 61.7. The SMILES string of the molecule is CNC(=O)c1c(-c2ccc(F)cc2)oc2cc(N(C)S(C)(=O)=O)c(-c3ccc4nc(C)n(C(CCO)c5ccc(F)cc5)c(=O)c4n3)cc12. The Kier molecular flexibility index (Phi) is 8.77. The Balaban J connectivity index is 1.62. The number of amides is 1. The van der Waals surface area contributed by atoms with Crippen molar-refractivity contribution in [3.63, 3.8) is 0 Å². The van der Waals surface area contributed by atoms with Gasteiger partial charge >= 0.3 is 0 Å². The average Bonchev–Trinajstić information content (AvgIpc) is 3.45. The number of nitrogens with zero attached hydrogens (tertiary/aromatic N) is 4. The number of furan rings is 1. The maximum absolute atomic E-state index is 14.2. The first kappa shape index (κ1) is 33.4. The summed E-state index contributed by atoms with van der Waals surface area (Å²) in [5.74, 6) is -0.947. The van der Waals surface area contributed by atoms with Crippen LogP contribution < -0.4 is 15.2 Å². The molecule has 0 spiro atoms. The Bertz CT molecular complexity index is 2410. The number of pyridine rings is 1. The smallest absolute Gasteiger partial charge is 0.280 e. The highest BCUT2D eigenvalue weighted by Gasteiger charge is 2.27. The van der Waals surface area contributed by atoms with Crippen molar-refractivity contribution in [2.24, 2.45) is 0 Å². The number of carbonyl (C=O) groups excluding carboxylic acids is 1. The number of hydrogen-bond donors (Lipinski definition) is 2. The van der Waals surface area contributed by atoms with Crippen LogP contribution in [0.25, 0.3) is 44.6 Å². The molecule has 0 aliphatic rings. The summed E-state index contributed by atoms with van der Waals surface area (Å²) in [6, 6.07) is 16.5. The molecule has 0 saturated carbocycles. The monoisotopic (exact) mass is 687 g/mol. The molecule has 252 valence electrons. The van der Waals surface area contributed by atoms with Gasteiger partial charge in [-0.05, 0) is 73.5 Å². The van der Waals surface area contributed by atoms with E-state index in [1.165, 1.54) is 73.3 Å². The number of fused-ring (bicyclic) bond motifs is 2. The highest BCUT2D eigenvalue weighted by atomic mass is 32.2. The molecular formula is C35H31F2N5O6S. The van der Waals surface area contributed by atoms with Crippen molar-refractivity contribution in [2.45, 2.75) is 19.4 Å². The number of benzene rings is 3. The summed E-state index contributed by atoms with van der Waals surface area (Å²) in [5, 5.41) is 12.8. The van der Waals surface area contributed by atoms with Crippen LogP contribution in [-0.2, 0) is 10.0 Å². The molecule has 3 aromatic heterocycles. The minimum atomic E-state index is -3.84. The second-order valence-electron chi connectivity index (χ2n) is 11.5. The summed E-state index contributed by atoms with van der Waals surface area (Å²) in [6.45, 7) is 1.38. The third-order valence-corrected chi connectivity index (χ3v) is 9.57. The van der Waals surface area contributed by atoms with E-state index in [1.54, 1.807) is 25.1 Å². The Morgan fingerprint density at radius 3 is 2.29 bits per heavy atom. The molecule has 3 heterocycles. The summed E-state index contributed by atoms with van der Waals surface area (Å²) in [4.78, 5) is 36.7. The lowest BCUT2D eigenvalue weighted by molar-refractivity contribution is 0.0964. The quantitative estimate of drug-likeness (QED) is 0.211. The largest absolute Gasteiger partial charge is 0.455 e. The van der Waals surface area contributed by atoms with E-state index in [0.717, 1.165) is 10.6 Å². The lowest BCUT2D eigenvalue weighted by Gasteiger charge is -2.22. The van der Waals surface area contributed by atoms with Crippen LogP contribution in [0.1, 0.15) is 34.2 Å². The van der Waals surface area contributed by atoms with Crippen LogP contribution in [0.2, 0.25) is 0 Å². The standard InChI is InChI=1S/C35H31F2N5O6S/c1-19-39-27-14-13-26(40-32(27)35(45)42(19)28(15-16-43)20-5-9-22(36)10-6-20)24-17-25-30(18-29(24)41(3)49(4,46)47)48-33(31(25)34(44)38-2)21-7-11-23(37)12-8-21/h5-14,17-18,28,43H,15-16H2,1-4H3,(H,38,44).